The van der Waals surface area contributed by atoms with Gasteiger partial charge in [0, 0.05) is 6.07 Å². The zero-order chi connectivity index (χ0) is 27.3. The topological polar surface area (TPSA) is 101 Å². The first-order valence-corrected chi connectivity index (χ1v) is 10.1. The van der Waals surface area contributed by atoms with Crippen LogP contribution in [0.2, 0.25) is 5.02 Å². The number of rotatable bonds is 8. The van der Waals surface area contributed by atoms with Gasteiger partial charge in [0.15, 0.2) is 0 Å². The molecule has 2 amide bonds. The monoisotopic (exact) mass is 541 g/mol. The molecule has 194 valence electrons. The van der Waals surface area contributed by atoms with Crippen molar-refractivity contribution in [2.75, 3.05) is 13.1 Å². The normalized spacial score (nSPS) is 12.9. The SMILES string of the molecule is O=C(CNC(=O)c1ccc(/C=C/C(c2ccc(F)c(Cl)c2)C(F)(F)F)cc1[N+](=O)[O-])NCC(F)(F)F. The zero-order valence-corrected chi connectivity index (χ0v) is 18.5. The number of hydrogen-bond acceptors (Lipinski definition) is 4. The third-order valence-corrected chi connectivity index (χ3v) is 4.78. The number of nitrogens with zero attached hydrogens (tertiary/aromatic N) is 1. The van der Waals surface area contributed by atoms with E-state index in [2.05, 4.69) is 0 Å². The Labute approximate surface area is 203 Å². The molecule has 1 atom stereocenters. The first-order valence-electron chi connectivity index (χ1n) is 9.68. The fourth-order valence-electron chi connectivity index (χ4n) is 2.83. The minimum Gasteiger partial charge on any atom is -0.345 e. The lowest BCUT2D eigenvalue weighted by Gasteiger charge is -2.17. The number of benzene rings is 2. The first kappa shape index (κ1) is 28.6. The Morgan fingerprint density at radius 2 is 1.72 bits per heavy atom. The number of hydrogen-bond donors (Lipinski definition) is 2. The second kappa shape index (κ2) is 11.4. The van der Waals surface area contributed by atoms with Gasteiger partial charge in [-0.05, 0) is 29.3 Å². The van der Waals surface area contributed by atoms with Gasteiger partial charge >= 0.3 is 12.4 Å². The van der Waals surface area contributed by atoms with Gasteiger partial charge in [0.1, 0.15) is 17.9 Å². The summed E-state index contributed by atoms with van der Waals surface area (Å²) in [5, 5.41) is 14.3. The quantitative estimate of drug-likeness (QED) is 0.274. The lowest BCUT2D eigenvalue weighted by atomic mass is 9.96. The van der Waals surface area contributed by atoms with Gasteiger partial charge in [-0.15, -0.1) is 0 Å². The maximum atomic E-state index is 13.5. The molecule has 0 heterocycles. The molecule has 0 bridgehead atoms. The van der Waals surface area contributed by atoms with Gasteiger partial charge in [-0.25, -0.2) is 4.39 Å². The summed E-state index contributed by atoms with van der Waals surface area (Å²) in [6.07, 6.45) is -7.95. The highest BCUT2D eigenvalue weighted by Gasteiger charge is 2.39. The van der Waals surface area contributed by atoms with Crippen LogP contribution in [-0.4, -0.2) is 42.2 Å². The highest BCUT2D eigenvalue weighted by Crippen LogP contribution is 2.38. The Balaban J connectivity index is 2.24. The molecule has 1 unspecified atom stereocenters. The van der Waals surface area contributed by atoms with Gasteiger partial charge in [-0.2, -0.15) is 26.3 Å². The van der Waals surface area contributed by atoms with Crippen molar-refractivity contribution in [3.63, 3.8) is 0 Å². The van der Waals surface area contributed by atoms with Crippen molar-refractivity contribution in [1.29, 1.82) is 0 Å². The Morgan fingerprint density at radius 1 is 1.06 bits per heavy atom. The molecular weight excluding hydrogens is 527 g/mol. The highest BCUT2D eigenvalue weighted by molar-refractivity contribution is 6.30. The second-order valence-electron chi connectivity index (χ2n) is 7.16. The number of carbonyl (C=O) groups excluding carboxylic acids is 2. The van der Waals surface area contributed by atoms with Crippen LogP contribution in [0.1, 0.15) is 27.4 Å². The van der Waals surface area contributed by atoms with Crippen molar-refractivity contribution in [1.82, 2.24) is 10.6 Å². The molecule has 0 saturated heterocycles. The van der Waals surface area contributed by atoms with Crippen molar-refractivity contribution in [3.05, 3.63) is 80.1 Å². The van der Waals surface area contributed by atoms with E-state index in [0.717, 1.165) is 42.5 Å². The molecule has 0 spiro atoms. The van der Waals surface area contributed by atoms with Crippen molar-refractivity contribution in [2.24, 2.45) is 0 Å². The van der Waals surface area contributed by atoms with Crippen molar-refractivity contribution in [2.45, 2.75) is 18.3 Å². The van der Waals surface area contributed by atoms with Gasteiger partial charge in [-0.3, -0.25) is 19.7 Å². The molecule has 0 fully saturated rings. The number of nitro groups is 1. The van der Waals surface area contributed by atoms with Crippen LogP contribution in [0.25, 0.3) is 6.08 Å². The van der Waals surface area contributed by atoms with Crippen molar-refractivity contribution in [3.8, 4) is 0 Å². The largest absolute Gasteiger partial charge is 0.405 e. The standard InChI is InChI=1S/C21H15ClF7N3O4/c22-15-8-12(3-6-16(15)23)14(21(27,28)29)5-2-11-1-4-13(17(7-11)32(35)36)19(34)30-9-18(33)31-10-20(24,25)26/h1-8,14H,9-10H2,(H,30,34)(H,31,33)/b5-2+. The summed E-state index contributed by atoms with van der Waals surface area (Å²) in [6.45, 7) is -2.56. The third-order valence-electron chi connectivity index (χ3n) is 4.50. The van der Waals surface area contributed by atoms with Crippen LogP contribution in [0.5, 0.6) is 0 Å². The van der Waals surface area contributed by atoms with Gasteiger partial charge in [0.25, 0.3) is 11.6 Å². The molecule has 2 N–H and O–H groups in total. The van der Waals surface area contributed by atoms with E-state index in [4.69, 9.17) is 11.6 Å². The minimum absolute atomic E-state index is 0.108. The second-order valence-corrected chi connectivity index (χ2v) is 7.57. The molecule has 2 aromatic carbocycles. The predicted octanol–water partition coefficient (Wildman–Crippen LogP) is 5.15. The number of nitro benzene ring substituents is 1. The number of halogens is 8. The van der Waals surface area contributed by atoms with E-state index >= 15 is 0 Å². The molecular formula is C21H15ClF7N3O4. The molecule has 0 saturated carbocycles. The summed E-state index contributed by atoms with van der Waals surface area (Å²) in [5.74, 6) is -5.55. The molecule has 2 aromatic rings. The molecule has 7 nitrogen and oxygen atoms in total. The molecule has 36 heavy (non-hydrogen) atoms. The lowest BCUT2D eigenvalue weighted by molar-refractivity contribution is -0.385. The number of amides is 2. The fourth-order valence-corrected chi connectivity index (χ4v) is 3.02. The van der Waals surface area contributed by atoms with E-state index in [1.165, 1.54) is 5.32 Å². The van der Waals surface area contributed by atoms with Crippen LogP contribution in [0.15, 0.2) is 42.5 Å². The van der Waals surface area contributed by atoms with Crippen LogP contribution < -0.4 is 10.6 Å². The Kier molecular flexibility index (Phi) is 9.02. The average Bonchev–Trinajstić information content (AvgIpc) is 2.77. The van der Waals surface area contributed by atoms with Crippen LogP contribution in [0.4, 0.5) is 36.4 Å². The molecule has 0 aliphatic rings. The molecule has 2 rings (SSSR count). The summed E-state index contributed by atoms with van der Waals surface area (Å²) in [6, 6.07) is 5.20. The van der Waals surface area contributed by atoms with E-state index in [1.807, 2.05) is 5.32 Å². The van der Waals surface area contributed by atoms with Crippen LogP contribution in [-0.2, 0) is 4.79 Å². The maximum absolute atomic E-state index is 13.5. The van der Waals surface area contributed by atoms with E-state index in [-0.39, 0.29) is 11.1 Å². The molecule has 15 heteroatoms. The Morgan fingerprint density at radius 3 is 2.28 bits per heavy atom. The molecule has 0 aliphatic carbocycles. The maximum Gasteiger partial charge on any atom is 0.405 e. The molecule has 0 aliphatic heterocycles. The van der Waals surface area contributed by atoms with Crippen LogP contribution in [0.3, 0.4) is 0 Å². The Hall–Kier alpha value is -3.68. The van der Waals surface area contributed by atoms with E-state index in [9.17, 15) is 50.4 Å². The van der Waals surface area contributed by atoms with Crippen molar-refractivity contribution >= 4 is 35.2 Å². The molecule has 0 aromatic heterocycles. The number of carbonyl (C=O) groups is 2. The molecule has 0 radical (unpaired) electrons. The van der Waals surface area contributed by atoms with Gasteiger partial charge < -0.3 is 10.6 Å². The summed E-state index contributed by atoms with van der Waals surface area (Å²) in [5.41, 5.74) is -1.92. The van der Waals surface area contributed by atoms with Crippen molar-refractivity contribution < 1.29 is 45.2 Å². The van der Waals surface area contributed by atoms with Crippen LogP contribution >= 0.6 is 11.6 Å². The van der Waals surface area contributed by atoms with E-state index in [0.29, 0.717) is 6.08 Å². The number of allylic oxidation sites excluding steroid dienone is 1. The Bertz CT molecular complexity index is 1180. The third kappa shape index (κ3) is 8.22. The summed E-state index contributed by atoms with van der Waals surface area (Å²) >= 11 is 5.56. The zero-order valence-electron chi connectivity index (χ0n) is 17.7. The van der Waals surface area contributed by atoms with Gasteiger partial charge in [-0.1, -0.05) is 35.9 Å². The number of nitrogens with one attached hydrogen (secondary N) is 2. The fraction of sp³-hybridized carbons (Fsp3) is 0.238. The number of alkyl halides is 6. The van der Waals surface area contributed by atoms with Gasteiger partial charge in [0.05, 0.1) is 22.4 Å². The smallest absolute Gasteiger partial charge is 0.345 e. The summed E-state index contributed by atoms with van der Waals surface area (Å²) < 4.78 is 90.3. The minimum atomic E-state index is -4.82. The van der Waals surface area contributed by atoms with Gasteiger partial charge in [0.2, 0.25) is 5.91 Å². The van der Waals surface area contributed by atoms with E-state index in [1.54, 1.807) is 0 Å². The first-order chi connectivity index (χ1) is 16.6. The van der Waals surface area contributed by atoms with Crippen LogP contribution in [0, 0.1) is 15.9 Å². The summed E-state index contributed by atoms with van der Waals surface area (Å²) in [7, 11) is 0. The highest BCUT2D eigenvalue weighted by atomic mass is 35.5. The predicted molar refractivity (Wildman–Crippen MR) is 114 cm³/mol. The average molecular weight is 542 g/mol. The summed E-state index contributed by atoms with van der Waals surface area (Å²) in [4.78, 5) is 34.0. The van der Waals surface area contributed by atoms with E-state index < -0.39 is 70.2 Å². The lowest BCUT2D eigenvalue weighted by Crippen LogP contribution is -2.41.